The van der Waals surface area contributed by atoms with Crippen molar-refractivity contribution < 1.29 is 0 Å². The second-order valence-electron chi connectivity index (χ2n) is 5.29. The molecule has 0 saturated heterocycles. The van der Waals surface area contributed by atoms with Crippen LogP contribution in [0.3, 0.4) is 0 Å². The number of aliphatic imine (C=N–C) groups is 2. The molecule has 1 heterocycles. The summed E-state index contributed by atoms with van der Waals surface area (Å²) in [6.07, 6.45) is 5.34. The average molecular weight is 328 g/mol. The Labute approximate surface area is 135 Å². The van der Waals surface area contributed by atoms with Crippen LogP contribution in [0, 0.1) is 0 Å². The molecule has 7 heteroatoms. The van der Waals surface area contributed by atoms with E-state index in [0.717, 1.165) is 31.4 Å². The zero-order valence-corrected chi connectivity index (χ0v) is 13.2. The van der Waals surface area contributed by atoms with Gasteiger partial charge in [-0.15, -0.1) is 12.4 Å². The van der Waals surface area contributed by atoms with Crippen molar-refractivity contribution in [2.75, 3.05) is 4.90 Å². The lowest BCUT2D eigenvalue weighted by Crippen LogP contribution is -2.58. The number of anilines is 1. The van der Waals surface area contributed by atoms with Crippen molar-refractivity contribution in [2.24, 2.45) is 21.5 Å². The van der Waals surface area contributed by atoms with Gasteiger partial charge >= 0.3 is 0 Å². The van der Waals surface area contributed by atoms with Gasteiger partial charge in [0.25, 0.3) is 0 Å². The lowest BCUT2D eigenvalue weighted by molar-refractivity contribution is 0.305. The van der Waals surface area contributed by atoms with Crippen LogP contribution in [-0.4, -0.2) is 17.6 Å². The van der Waals surface area contributed by atoms with E-state index in [2.05, 4.69) is 9.98 Å². The summed E-state index contributed by atoms with van der Waals surface area (Å²) in [5.74, 6) is 0.677. The van der Waals surface area contributed by atoms with Crippen LogP contribution in [0.5, 0.6) is 0 Å². The predicted molar refractivity (Wildman–Crippen MR) is 90.2 cm³/mol. The lowest BCUT2D eigenvalue weighted by Gasteiger charge is -2.45. The van der Waals surface area contributed by atoms with E-state index in [4.69, 9.17) is 23.1 Å². The number of nitrogens with two attached hydrogens (primary N) is 2. The van der Waals surface area contributed by atoms with Crippen LogP contribution in [0.15, 0.2) is 34.3 Å². The molecule has 1 fully saturated rings. The van der Waals surface area contributed by atoms with Crippen molar-refractivity contribution in [3.05, 3.63) is 29.3 Å². The molecular weight excluding hydrogens is 309 g/mol. The minimum Gasteiger partial charge on any atom is -0.369 e. The van der Waals surface area contributed by atoms with E-state index in [0.29, 0.717) is 11.0 Å². The highest BCUT2D eigenvalue weighted by Crippen LogP contribution is 2.39. The molecule has 5 nitrogen and oxygen atoms in total. The van der Waals surface area contributed by atoms with Gasteiger partial charge in [-0.3, -0.25) is 4.90 Å². The molecule has 1 aromatic rings. The molecule has 3 rings (SSSR count). The van der Waals surface area contributed by atoms with E-state index < -0.39 is 0 Å². The van der Waals surface area contributed by atoms with Crippen molar-refractivity contribution in [3.63, 3.8) is 0 Å². The van der Waals surface area contributed by atoms with Crippen molar-refractivity contribution in [2.45, 2.75) is 37.8 Å². The van der Waals surface area contributed by atoms with E-state index in [9.17, 15) is 0 Å². The molecule has 21 heavy (non-hydrogen) atoms. The zero-order chi connectivity index (χ0) is 14.2. The minimum absolute atomic E-state index is 0. The zero-order valence-electron chi connectivity index (χ0n) is 11.6. The Bertz CT molecular complexity index is 561. The molecule has 0 aromatic heterocycles. The molecule has 2 aliphatic rings. The fourth-order valence-corrected chi connectivity index (χ4v) is 3.21. The number of hydrogen-bond donors (Lipinski definition) is 2. The SMILES string of the molecule is Cl.NC1=NC2(CCCCC2)N(c2ccc(Cl)cc2)C(N)=N1. The van der Waals surface area contributed by atoms with Gasteiger partial charge in [-0.1, -0.05) is 18.0 Å². The van der Waals surface area contributed by atoms with Crippen molar-refractivity contribution in [1.82, 2.24) is 0 Å². The normalized spacial score (nSPS) is 20.5. The van der Waals surface area contributed by atoms with Gasteiger partial charge in [0.05, 0.1) is 0 Å². The first kappa shape index (κ1) is 15.9. The van der Waals surface area contributed by atoms with Gasteiger partial charge < -0.3 is 11.5 Å². The Morgan fingerprint density at radius 2 is 1.67 bits per heavy atom. The van der Waals surface area contributed by atoms with E-state index in [1.807, 2.05) is 29.2 Å². The molecule has 0 atom stereocenters. The van der Waals surface area contributed by atoms with Crippen LogP contribution in [0.2, 0.25) is 5.02 Å². The third-order valence-corrected chi connectivity index (χ3v) is 4.19. The predicted octanol–water partition coefficient (Wildman–Crippen LogP) is 2.87. The van der Waals surface area contributed by atoms with Gasteiger partial charge in [-0.2, -0.15) is 4.99 Å². The fourth-order valence-electron chi connectivity index (χ4n) is 3.08. The van der Waals surface area contributed by atoms with Crippen molar-refractivity contribution >= 4 is 41.6 Å². The first-order valence-corrected chi connectivity index (χ1v) is 7.24. The summed E-state index contributed by atoms with van der Waals surface area (Å²) in [5.41, 5.74) is 12.5. The Morgan fingerprint density at radius 3 is 2.29 bits per heavy atom. The summed E-state index contributed by atoms with van der Waals surface area (Å²) in [7, 11) is 0. The molecule has 1 aliphatic heterocycles. The van der Waals surface area contributed by atoms with Gasteiger partial charge in [0.2, 0.25) is 11.9 Å². The summed E-state index contributed by atoms with van der Waals surface area (Å²) >= 11 is 5.96. The van der Waals surface area contributed by atoms with E-state index >= 15 is 0 Å². The molecule has 1 aliphatic carbocycles. The maximum Gasteiger partial charge on any atom is 0.220 e. The number of nitrogens with zero attached hydrogens (tertiary/aromatic N) is 3. The number of halogens is 2. The van der Waals surface area contributed by atoms with E-state index in [-0.39, 0.29) is 24.0 Å². The summed E-state index contributed by atoms with van der Waals surface area (Å²) < 4.78 is 0. The van der Waals surface area contributed by atoms with Gasteiger partial charge in [0, 0.05) is 10.7 Å². The molecule has 4 N–H and O–H groups in total. The van der Waals surface area contributed by atoms with Crippen molar-refractivity contribution in [3.8, 4) is 0 Å². The van der Waals surface area contributed by atoms with Gasteiger partial charge in [-0.25, -0.2) is 4.99 Å². The van der Waals surface area contributed by atoms with Gasteiger partial charge in [0.1, 0.15) is 5.66 Å². The molecule has 1 aromatic carbocycles. The summed E-state index contributed by atoms with van der Waals surface area (Å²) in [4.78, 5) is 10.8. The molecule has 1 spiro atoms. The third-order valence-electron chi connectivity index (χ3n) is 3.94. The third kappa shape index (κ3) is 2.94. The summed E-state index contributed by atoms with van der Waals surface area (Å²) in [6.45, 7) is 0. The number of guanidine groups is 2. The van der Waals surface area contributed by atoms with Crippen molar-refractivity contribution in [1.29, 1.82) is 0 Å². The molecule has 0 radical (unpaired) electrons. The maximum atomic E-state index is 6.13. The Balaban J connectivity index is 0.00000161. The topological polar surface area (TPSA) is 80.0 Å². The quantitative estimate of drug-likeness (QED) is 0.832. The molecule has 0 bridgehead atoms. The highest BCUT2D eigenvalue weighted by molar-refractivity contribution is 6.30. The van der Waals surface area contributed by atoms with Gasteiger partial charge in [-0.05, 0) is 49.9 Å². The fraction of sp³-hybridized carbons (Fsp3) is 0.429. The van der Waals surface area contributed by atoms with Crippen LogP contribution >= 0.6 is 24.0 Å². The molecular formula is C14H19Cl2N5. The monoisotopic (exact) mass is 327 g/mol. The van der Waals surface area contributed by atoms with Crippen LogP contribution in [0.4, 0.5) is 5.69 Å². The smallest absolute Gasteiger partial charge is 0.220 e. The second kappa shape index (κ2) is 6.12. The molecule has 114 valence electrons. The first-order valence-electron chi connectivity index (χ1n) is 6.86. The van der Waals surface area contributed by atoms with Crippen LogP contribution in [0.25, 0.3) is 0 Å². The number of benzene rings is 1. The highest BCUT2D eigenvalue weighted by Gasteiger charge is 2.42. The van der Waals surface area contributed by atoms with E-state index in [1.165, 1.54) is 6.42 Å². The number of hydrogen-bond acceptors (Lipinski definition) is 5. The van der Waals surface area contributed by atoms with Crippen LogP contribution in [0.1, 0.15) is 32.1 Å². The van der Waals surface area contributed by atoms with E-state index in [1.54, 1.807) is 0 Å². The molecule has 0 unspecified atom stereocenters. The summed E-state index contributed by atoms with van der Waals surface area (Å²) in [5, 5.41) is 0.696. The Morgan fingerprint density at radius 1 is 1.05 bits per heavy atom. The summed E-state index contributed by atoms with van der Waals surface area (Å²) in [6, 6.07) is 7.58. The van der Waals surface area contributed by atoms with Crippen LogP contribution in [-0.2, 0) is 0 Å². The highest BCUT2D eigenvalue weighted by atomic mass is 35.5. The number of rotatable bonds is 1. The Hall–Kier alpha value is -1.46. The van der Waals surface area contributed by atoms with Crippen LogP contribution < -0.4 is 16.4 Å². The molecule has 1 saturated carbocycles. The standard InChI is InChI=1S/C14H18ClN5.ClH/c15-10-4-6-11(7-5-10)20-13(17)18-12(16)19-14(20)8-2-1-3-9-14;/h4-7H,1-3,8-9H2,(H4,16,17,18,19);1H. The second-order valence-corrected chi connectivity index (χ2v) is 5.73. The van der Waals surface area contributed by atoms with Gasteiger partial charge in [0.15, 0.2) is 0 Å². The lowest BCUT2D eigenvalue weighted by atomic mass is 9.87. The average Bonchev–Trinajstić information content (AvgIpc) is 2.41. The largest absolute Gasteiger partial charge is 0.369 e. The first-order chi connectivity index (χ1) is 9.61. The maximum absolute atomic E-state index is 6.13. The minimum atomic E-state index is -0.387. The molecule has 0 amide bonds. The Kier molecular flexibility index (Phi) is 4.64.